The monoisotopic (exact) mass is 203 g/mol. The largest absolute Gasteiger partial charge is 0.399 e. The maximum Gasteiger partial charge on any atom is 0.109 e. The topological polar surface area (TPSA) is 43.8 Å². The number of nitrogens with zero attached hydrogens (tertiary/aromatic N) is 2. The number of nitrogen functional groups attached to an aromatic ring is 1. The van der Waals surface area contributed by atoms with Crippen LogP contribution in [0.1, 0.15) is 19.7 Å². The Labute approximate surface area is 89.9 Å². The third-order valence-electron chi connectivity index (χ3n) is 2.59. The molecule has 0 atom stereocenters. The highest BCUT2D eigenvalue weighted by Gasteiger charge is 2.08. The lowest BCUT2D eigenvalue weighted by Crippen LogP contribution is -2.02. The molecule has 2 N–H and O–H groups in total. The van der Waals surface area contributed by atoms with Crippen LogP contribution in [0.25, 0.3) is 11.0 Å². The molecule has 3 heteroatoms. The summed E-state index contributed by atoms with van der Waals surface area (Å²) >= 11 is 0. The van der Waals surface area contributed by atoms with Gasteiger partial charge in [-0.15, -0.1) is 0 Å². The van der Waals surface area contributed by atoms with E-state index in [-0.39, 0.29) is 0 Å². The molecule has 1 aromatic carbocycles. The third-order valence-corrected chi connectivity index (χ3v) is 2.59. The SMILES string of the molecule is CC(C)Cc1nc2cc(N)ccc2n1C. The molecule has 80 valence electrons. The Balaban J connectivity index is 2.54. The number of anilines is 1. The van der Waals surface area contributed by atoms with E-state index in [0.717, 1.165) is 29.0 Å². The van der Waals surface area contributed by atoms with Crippen molar-refractivity contribution in [2.45, 2.75) is 20.3 Å². The van der Waals surface area contributed by atoms with Gasteiger partial charge in [0.1, 0.15) is 5.82 Å². The van der Waals surface area contributed by atoms with E-state index in [1.54, 1.807) is 0 Å². The second kappa shape index (κ2) is 3.57. The van der Waals surface area contributed by atoms with Crippen molar-refractivity contribution in [3.8, 4) is 0 Å². The van der Waals surface area contributed by atoms with Gasteiger partial charge in [0.15, 0.2) is 0 Å². The summed E-state index contributed by atoms with van der Waals surface area (Å²) in [6.45, 7) is 4.40. The standard InChI is InChI=1S/C12H17N3/c1-8(2)6-12-14-10-7-9(13)4-5-11(10)15(12)3/h4-5,7-8H,6,13H2,1-3H3. The molecule has 0 amide bonds. The van der Waals surface area contributed by atoms with Crippen molar-refractivity contribution in [2.24, 2.45) is 13.0 Å². The molecule has 0 bridgehead atoms. The summed E-state index contributed by atoms with van der Waals surface area (Å²) in [7, 11) is 2.06. The van der Waals surface area contributed by atoms with Gasteiger partial charge in [-0.3, -0.25) is 0 Å². The van der Waals surface area contributed by atoms with Gasteiger partial charge in [0.25, 0.3) is 0 Å². The van der Waals surface area contributed by atoms with E-state index in [0.29, 0.717) is 5.92 Å². The molecular weight excluding hydrogens is 186 g/mol. The lowest BCUT2D eigenvalue weighted by molar-refractivity contribution is 0.606. The summed E-state index contributed by atoms with van der Waals surface area (Å²) in [5.41, 5.74) is 8.66. The Hall–Kier alpha value is -1.51. The molecule has 0 aliphatic carbocycles. The summed E-state index contributed by atoms with van der Waals surface area (Å²) in [5, 5.41) is 0. The average Bonchev–Trinajstić information content (AvgIpc) is 2.42. The number of fused-ring (bicyclic) bond motifs is 1. The summed E-state index contributed by atoms with van der Waals surface area (Å²) in [4.78, 5) is 4.60. The molecule has 0 aliphatic heterocycles. The molecule has 0 unspecified atom stereocenters. The summed E-state index contributed by atoms with van der Waals surface area (Å²) in [5.74, 6) is 1.75. The summed E-state index contributed by atoms with van der Waals surface area (Å²) in [6, 6.07) is 5.88. The van der Waals surface area contributed by atoms with Gasteiger partial charge in [-0.1, -0.05) is 13.8 Å². The molecular formula is C12H17N3. The second-order valence-electron chi connectivity index (χ2n) is 4.43. The van der Waals surface area contributed by atoms with Crippen molar-refractivity contribution in [1.82, 2.24) is 9.55 Å². The van der Waals surface area contributed by atoms with E-state index in [1.807, 2.05) is 18.2 Å². The number of aromatic nitrogens is 2. The highest BCUT2D eigenvalue weighted by Crippen LogP contribution is 2.19. The quantitative estimate of drug-likeness (QED) is 0.761. The Bertz CT molecular complexity index is 483. The Morgan fingerprint density at radius 3 is 2.80 bits per heavy atom. The summed E-state index contributed by atoms with van der Waals surface area (Å²) < 4.78 is 2.15. The van der Waals surface area contributed by atoms with Gasteiger partial charge in [0.2, 0.25) is 0 Å². The van der Waals surface area contributed by atoms with Crippen molar-refractivity contribution in [2.75, 3.05) is 5.73 Å². The Morgan fingerprint density at radius 2 is 2.13 bits per heavy atom. The predicted molar refractivity (Wildman–Crippen MR) is 63.7 cm³/mol. The Kier molecular flexibility index (Phi) is 2.39. The molecule has 0 saturated heterocycles. The minimum atomic E-state index is 0.623. The lowest BCUT2D eigenvalue weighted by atomic mass is 10.1. The van der Waals surface area contributed by atoms with Crippen molar-refractivity contribution in [3.63, 3.8) is 0 Å². The van der Waals surface area contributed by atoms with Crippen LogP contribution in [0.15, 0.2) is 18.2 Å². The number of benzene rings is 1. The van der Waals surface area contributed by atoms with Gasteiger partial charge < -0.3 is 10.3 Å². The zero-order valence-corrected chi connectivity index (χ0v) is 9.49. The number of hydrogen-bond acceptors (Lipinski definition) is 2. The van der Waals surface area contributed by atoms with E-state index < -0.39 is 0 Å². The second-order valence-corrected chi connectivity index (χ2v) is 4.43. The Morgan fingerprint density at radius 1 is 1.40 bits per heavy atom. The van der Waals surface area contributed by atoms with E-state index in [4.69, 9.17) is 5.73 Å². The van der Waals surface area contributed by atoms with Gasteiger partial charge in [-0.05, 0) is 24.1 Å². The number of nitrogens with two attached hydrogens (primary N) is 1. The molecule has 0 fully saturated rings. The molecule has 1 aromatic heterocycles. The van der Waals surface area contributed by atoms with E-state index in [1.165, 1.54) is 0 Å². The van der Waals surface area contributed by atoms with Crippen molar-refractivity contribution in [1.29, 1.82) is 0 Å². The minimum absolute atomic E-state index is 0.623. The van der Waals surface area contributed by atoms with Gasteiger partial charge >= 0.3 is 0 Å². The molecule has 0 aliphatic rings. The van der Waals surface area contributed by atoms with Crippen molar-refractivity contribution < 1.29 is 0 Å². The first-order valence-corrected chi connectivity index (χ1v) is 5.28. The smallest absolute Gasteiger partial charge is 0.109 e. The van der Waals surface area contributed by atoms with E-state index >= 15 is 0 Å². The van der Waals surface area contributed by atoms with Crippen LogP contribution >= 0.6 is 0 Å². The molecule has 0 saturated carbocycles. The van der Waals surface area contributed by atoms with Crippen LogP contribution in [0, 0.1) is 5.92 Å². The maximum atomic E-state index is 5.74. The number of rotatable bonds is 2. The average molecular weight is 203 g/mol. The van der Waals surface area contributed by atoms with Crippen LogP contribution in [0.2, 0.25) is 0 Å². The van der Waals surface area contributed by atoms with Crippen LogP contribution in [-0.4, -0.2) is 9.55 Å². The van der Waals surface area contributed by atoms with Crippen molar-refractivity contribution in [3.05, 3.63) is 24.0 Å². The molecule has 1 heterocycles. The predicted octanol–water partition coefficient (Wildman–Crippen LogP) is 2.35. The fourth-order valence-electron chi connectivity index (χ4n) is 1.81. The molecule has 2 aromatic rings. The highest BCUT2D eigenvalue weighted by molar-refractivity contribution is 5.79. The van der Waals surface area contributed by atoms with Crippen LogP contribution in [-0.2, 0) is 13.5 Å². The number of aryl methyl sites for hydroxylation is 1. The van der Waals surface area contributed by atoms with Crippen LogP contribution in [0.5, 0.6) is 0 Å². The normalized spacial score (nSPS) is 11.5. The minimum Gasteiger partial charge on any atom is -0.399 e. The fourth-order valence-corrected chi connectivity index (χ4v) is 1.81. The van der Waals surface area contributed by atoms with Gasteiger partial charge in [-0.2, -0.15) is 0 Å². The van der Waals surface area contributed by atoms with Crippen LogP contribution < -0.4 is 5.73 Å². The first-order valence-electron chi connectivity index (χ1n) is 5.28. The molecule has 0 spiro atoms. The first kappa shape index (κ1) is 10.0. The van der Waals surface area contributed by atoms with Crippen LogP contribution in [0.3, 0.4) is 0 Å². The number of hydrogen-bond donors (Lipinski definition) is 1. The molecule has 2 rings (SSSR count). The summed E-state index contributed by atoms with van der Waals surface area (Å²) in [6.07, 6.45) is 1.01. The van der Waals surface area contributed by atoms with Crippen LogP contribution in [0.4, 0.5) is 5.69 Å². The lowest BCUT2D eigenvalue weighted by Gasteiger charge is -2.04. The fraction of sp³-hybridized carbons (Fsp3) is 0.417. The number of imidazole rings is 1. The zero-order chi connectivity index (χ0) is 11.0. The van der Waals surface area contributed by atoms with Gasteiger partial charge in [0.05, 0.1) is 11.0 Å². The molecule has 0 radical (unpaired) electrons. The first-order chi connectivity index (χ1) is 7.08. The third kappa shape index (κ3) is 1.82. The van der Waals surface area contributed by atoms with Gasteiger partial charge in [0, 0.05) is 19.2 Å². The van der Waals surface area contributed by atoms with E-state index in [2.05, 4.69) is 30.4 Å². The highest BCUT2D eigenvalue weighted by atomic mass is 15.1. The van der Waals surface area contributed by atoms with E-state index in [9.17, 15) is 0 Å². The maximum absolute atomic E-state index is 5.74. The van der Waals surface area contributed by atoms with Crippen molar-refractivity contribution >= 4 is 16.7 Å². The molecule has 3 nitrogen and oxygen atoms in total. The molecule has 15 heavy (non-hydrogen) atoms. The zero-order valence-electron chi connectivity index (χ0n) is 9.49. The van der Waals surface area contributed by atoms with Gasteiger partial charge in [-0.25, -0.2) is 4.98 Å².